The zero-order valence-corrected chi connectivity index (χ0v) is 10.1. The van der Waals surface area contributed by atoms with Crippen LogP contribution < -0.4 is 5.32 Å². The molecule has 1 aliphatic rings. The van der Waals surface area contributed by atoms with Crippen LogP contribution in [-0.4, -0.2) is 18.1 Å². The summed E-state index contributed by atoms with van der Waals surface area (Å²) in [6, 6.07) is 10.8. The first kappa shape index (κ1) is 11.4. The summed E-state index contributed by atoms with van der Waals surface area (Å²) in [6.07, 6.45) is 0. The molecule has 3 heteroatoms. The van der Waals surface area contributed by atoms with Crippen molar-refractivity contribution >= 4 is 23.3 Å². The van der Waals surface area contributed by atoms with E-state index < -0.39 is 0 Å². The lowest BCUT2D eigenvalue weighted by Crippen LogP contribution is -2.39. The molecule has 2 nitrogen and oxygen atoms in total. The second-order valence-electron chi connectivity index (χ2n) is 4.26. The minimum Gasteiger partial charge on any atom is -0.315 e. The van der Waals surface area contributed by atoms with Crippen LogP contribution in [0, 0.1) is 6.92 Å². The molecule has 0 spiro atoms. The molecular formula is C13H15ClN2. The topological polar surface area (TPSA) is 24.9 Å². The Morgan fingerprint density at radius 3 is 2.62 bits per heavy atom. The number of nitrogens with zero attached hydrogens (tertiary/aromatic N) is 1. The van der Waals surface area contributed by atoms with Gasteiger partial charge in [0.15, 0.2) is 0 Å². The molecule has 2 aromatic rings. The van der Waals surface area contributed by atoms with E-state index in [4.69, 9.17) is 0 Å². The maximum atomic E-state index is 4.56. The minimum atomic E-state index is 0. The lowest BCUT2D eigenvalue weighted by Gasteiger charge is -2.27. The van der Waals surface area contributed by atoms with Gasteiger partial charge in [-0.25, -0.2) is 0 Å². The zero-order valence-electron chi connectivity index (χ0n) is 9.23. The van der Waals surface area contributed by atoms with E-state index in [9.17, 15) is 0 Å². The van der Waals surface area contributed by atoms with Gasteiger partial charge in [0.25, 0.3) is 0 Å². The van der Waals surface area contributed by atoms with E-state index in [0.717, 1.165) is 24.3 Å². The van der Waals surface area contributed by atoms with Crippen molar-refractivity contribution in [1.82, 2.24) is 10.3 Å². The standard InChI is InChI=1S/C13H14N2.ClH/c1-9-2-3-10-4-5-11(6-13(10)15-9)12-7-14-8-12;/h2-6,12,14H,7-8H2,1H3;1H. The highest BCUT2D eigenvalue weighted by molar-refractivity contribution is 5.85. The zero-order chi connectivity index (χ0) is 10.3. The summed E-state index contributed by atoms with van der Waals surface area (Å²) in [5.41, 5.74) is 3.63. The summed E-state index contributed by atoms with van der Waals surface area (Å²) in [4.78, 5) is 4.56. The largest absolute Gasteiger partial charge is 0.315 e. The van der Waals surface area contributed by atoms with Gasteiger partial charge < -0.3 is 5.32 Å². The molecule has 0 atom stereocenters. The van der Waals surface area contributed by atoms with Crippen molar-refractivity contribution < 1.29 is 0 Å². The SMILES string of the molecule is Cc1ccc2ccc(C3CNC3)cc2n1.Cl. The van der Waals surface area contributed by atoms with Gasteiger partial charge in [0, 0.05) is 30.1 Å². The molecule has 0 radical (unpaired) electrons. The molecule has 84 valence electrons. The first-order chi connectivity index (χ1) is 7.33. The smallest absolute Gasteiger partial charge is 0.0708 e. The molecule has 1 fully saturated rings. The van der Waals surface area contributed by atoms with Crippen molar-refractivity contribution in [3.8, 4) is 0 Å². The van der Waals surface area contributed by atoms with E-state index in [1.54, 1.807) is 0 Å². The van der Waals surface area contributed by atoms with Crippen LogP contribution in [0.1, 0.15) is 17.2 Å². The number of hydrogen-bond donors (Lipinski definition) is 1. The molecule has 0 amide bonds. The Balaban J connectivity index is 0.000000963. The summed E-state index contributed by atoms with van der Waals surface area (Å²) in [7, 11) is 0. The Morgan fingerprint density at radius 1 is 1.19 bits per heavy atom. The van der Waals surface area contributed by atoms with E-state index in [1.165, 1.54) is 10.9 Å². The third-order valence-electron chi connectivity index (χ3n) is 3.11. The van der Waals surface area contributed by atoms with Crippen LogP contribution in [0.2, 0.25) is 0 Å². The number of rotatable bonds is 1. The van der Waals surface area contributed by atoms with Gasteiger partial charge in [0.2, 0.25) is 0 Å². The van der Waals surface area contributed by atoms with Crippen LogP contribution in [0.3, 0.4) is 0 Å². The fourth-order valence-corrected chi connectivity index (χ4v) is 2.01. The third-order valence-corrected chi connectivity index (χ3v) is 3.11. The summed E-state index contributed by atoms with van der Waals surface area (Å²) in [6.45, 7) is 4.26. The average molecular weight is 235 g/mol. The number of fused-ring (bicyclic) bond motifs is 1. The van der Waals surface area contributed by atoms with Crippen molar-refractivity contribution in [2.45, 2.75) is 12.8 Å². The first-order valence-corrected chi connectivity index (χ1v) is 5.41. The van der Waals surface area contributed by atoms with Gasteiger partial charge in [-0.2, -0.15) is 0 Å². The molecule has 0 bridgehead atoms. The van der Waals surface area contributed by atoms with Gasteiger partial charge in [0.1, 0.15) is 0 Å². The maximum absolute atomic E-state index is 4.56. The molecule has 1 aromatic carbocycles. The Labute approximate surface area is 101 Å². The third kappa shape index (κ3) is 1.91. The molecule has 0 saturated carbocycles. The molecule has 2 heterocycles. The molecule has 1 saturated heterocycles. The molecule has 16 heavy (non-hydrogen) atoms. The predicted molar refractivity (Wildman–Crippen MR) is 69.3 cm³/mol. The fraction of sp³-hybridized carbons (Fsp3) is 0.308. The highest BCUT2D eigenvalue weighted by Gasteiger charge is 2.18. The van der Waals surface area contributed by atoms with Crippen LogP contribution in [0.15, 0.2) is 30.3 Å². The van der Waals surface area contributed by atoms with Gasteiger partial charge in [-0.3, -0.25) is 4.98 Å². The summed E-state index contributed by atoms with van der Waals surface area (Å²) in [5, 5.41) is 4.53. The van der Waals surface area contributed by atoms with Crippen molar-refractivity contribution in [3.63, 3.8) is 0 Å². The van der Waals surface area contributed by atoms with Crippen LogP contribution in [0.25, 0.3) is 10.9 Å². The number of benzene rings is 1. The molecule has 0 aliphatic carbocycles. The fourth-order valence-electron chi connectivity index (χ4n) is 2.01. The van der Waals surface area contributed by atoms with Gasteiger partial charge >= 0.3 is 0 Å². The Bertz CT molecular complexity index is 506. The summed E-state index contributed by atoms with van der Waals surface area (Å²) >= 11 is 0. The van der Waals surface area contributed by atoms with E-state index >= 15 is 0 Å². The Hall–Kier alpha value is -1.12. The predicted octanol–water partition coefficient (Wildman–Crippen LogP) is 2.65. The second-order valence-corrected chi connectivity index (χ2v) is 4.26. The Kier molecular flexibility index (Phi) is 3.13. The minimum absolute atomic E-state index is 0. The van der Waals surface area contributed by atoms with E-state index in [-0.39, 0.29) is 12.4 Å². The van der Waals surface area contributed by atoms with Crippen molar-refractivity contribution in [2.75, 3.05) is 13.1 Å². The van der Waals surface area contributed by atoms with Crippen molar-refractivity contribution in [1.29, 1.82) is 0 Å². The highest BCUT2D eigenvalue weighted by atomic mass is 35.5. The monoisotopic (exact) mass is 234 g/mol. The molecular weight excluding hydrogens is 220 g/mol. The summed E-state index contributed by atoms with van der Waals surface area (Å²) in [5.74, 6) is 0.691. The number of halogens is 1. The molecule has 1 N–H and O–H groups in total. The maximum Gasteiger partial charge on any atom is 0.0708 e. The average Bonchev–Trinajstić information content (AvgIpc) is 2.14. The van der Waals surface area contributed by atoms with Gasteiger partial charge in [-0.05, 0) is 24.6 Å². The Morgan fingerprint density at radius 2 is 1.94 bits per heavy atom. The second kappa shape index (κ2) is 4.40. The van der Waals surface area contributed by atoms with Crippen LogP contribution in [-0.2, 0) is 0 Å². The molecule has 0 unspecified atom stereocenters. The van der Waals surface area contributed by atoms with Gasteiger partial charge in [-0.15, -0.1) is 12.4 Å². The van der Waals surface area contributed by atoms with E-state index in [1.807, 2.05) is 6.92 Å². The number of aryl methyl sites for hydroxylation is 1. The van der Waals surface area contributed by atoms with Crippen LogP contribution in [0.4, 0.5) is 0 Å². The van der Waals surface area contributed by atoms with Crippen molar-refractivity contribution in [3.05, 3.63) is 41.6 Å². The van der Waals surface area contributed by atoms with Crippen LogP contribution in [0.5, 0.6) is 0 Å². The lowest BCUT2D eigenvalue weighted by molar-refractivity contribution is 0.448. The van der Waals surface area contributed by atoms with Gasteiger partial charge in [-0.1, -0.05) is 18.2 Å². The number of hydrogen-bond acceptors (Lipinski definition) is 2. The molecule has 1 aromatic heterocycles. The highest BCUT2D eigenvalue weighted by Crippen LogP contribution is 2.23. The molecule has 3 rings (SSSR count). The quantitative estimate of drug-likeness (QED) is 0.821. The normalized spacial score (nSPS) is 15.6. The first-order valence-electron chi connectivity index (χ1n) is 5.41. The number of aromatic nitrogens is 1. The van der Waals surface area contributed by atoms with E-state index in [0.29, 0.717) is 5.92 Å². The van der Waals surface area contributed by atoms with Crippen LogP contribution >= 0.6 is 12.4 Å². The molecule has 1 aliphatic heterocycles. The van der Waals surface area contributed by atoms with Gasteiger partial charge in [0.05, 0.1) is 5.52 Å². The lowest BCUT2D eigenvalue weighted by atomic mass is 9.93. The summed E-state index contributed by atoms with van der Waals surface area (Å²) < 4.78 is 0. The van der Waals surface area contributed by atoms with E-state index in [2.05, 4.69) is 40.6 Å². The number of nitrogens with one attached hydrogen (secondary N) is 1. The number of pyridine rings is 1. The van der Waals surface area contributed by atoms with Crippen molar-refractivity contribution in [2.24, 2.45) is 0 Å².